The minimum atomic E-state index is -3.35. The van der Waals surface area contributed by atoms with E-state index in [1.807, 2.05) is 0 Å². The van der Waals surface area contributed by atoms with Crippen molar-refractivity contribution in [2.24, 2.45) is 0 Å². The summed E-state index contributed by atoms with van der Waals surface area (Å²) in [6.45, 7) is 15.8. The first-order chi connectivity index (χ1) is 22.1. The van der Waals surface area contributed by atoms with E-state index in [2.05, 4.69) is 41.5 Å². The van der Waals surface area contributed by atoms with Crippen LogP contribution in [0.4, 0.5) is 0 Å². The van der Waals surface area contributed by atoms with Gasteiger partial charge in [0.15, 0.2) is 0 Å². The zero-order valence-corrected chi connectivity index (χ0v) is 38.0. The summed E-state index contributed by atoms with van der Waals surface area (Å²) in [4.78, 5) is 0. The number of rotatable bonds is 38. The molecule has 0 radical (unpaired) electrons. The number of hydrogen-bond donors (Lipinski definition) is 0. The molecular formula is C40H86O3Sn2. The second-order valence-electron chi connectivity index (χ2n) is 14.4. The molecule has 272 valence electrons. The SMILES string of the molecule is CCCCCCC[CH2][Sn]([CH2]CCCCCCC)([O]CCCC)[O][Sn]([CH2]CCCCCCC)([CH2]CCCCCCC)[O]CCCC. The van der Waals surface area contributed by atoms with E-state index in [0.717, 1.165) is 13.2 Å². The average Bonchev–Trinajstić information content (AvgIpc) is 3.04. The van der Waals surface area contributed by atoms with Crippen molar-refractivity contribution >= 4 is 38.4 Å². The van der Waals surface area contributed by atoms with Gasteiger partial charge < -0.3 is 0 Å². The van der Waals surface area contributed by atoms with Crippen LogP contribution in [0.2, 0.25) is 17.7 Å². The third-order valence-corrected chi connectivity index (χ3v) is 43.0. The fraction of sp³-hybridized carbons (Fsp3) is 1.00. The molecule has 0 atom stereocenters. The summed E-state index contributed by atoms with van der Waals surface area (Å²) >= 11 is -6.71. The van der Waals surface area contributed by atoms with E-state index in [1.165, 1.54) is 198 Å². The van der Waals surface area contributed by atoms with Crippen LogP contribution < -0.4 is 0 Å². The van der Waals surface area contributed by atoms with Crippen molar-refractivity contribution in [3.63, 3.8) is 0 Å². The van der Waals surface area contributed by atoms with E-state index in [0.29, 0.717) is 0 Å². The molecule has 0 rings (SSSR count). The zero-order valence-electron chi connectivity index (χ0n) is 32.3. The normalized spacial score (nSPS) is 12.4. The van der Waals surface area contributed by atoms with Crippen LogP contribution >= 0.6 is 0 Å². The molecule has 0 heterocycles. The van der Waals surface area contributed by atoms with Crippen molar-refractivity contribution in [1.29, 1.82) is 0 Å². The molecule has 0 aliphatic carbocycles. The summed E-state index contributed by atoms with van der Waals surface area (Å²) in [5.41, 5.74) is 0. The Hall–Kier alpha value is 1.48. The van der Waals surface area contributed by atoms with Crippen molar-refractivity contribution in [2.45, 2.75) is 239 Å². The van der Waals surface area contributed by atoms with Crippen molar-refractivity contribution < 1.29 is 7.56 Å². The molecule has 0 amide bonds. The Kier molecular flexibility index (Phi) is 36.5. The van der Waals surface area contributed by atoms with Gasteiger partial charge in [-0.15, -0.1) is 0 Å². The Morgan fingerprint density at radius 1 is 0.267 bits per heavy atom. The van der Waals surface area contributed by atoms with Crippen LogP contribution in [0.5, 0.6) is 0 Å². The number of unbranched alkanes of at least 4 members (excludes halogenated alkanes) is 22. The second-order valence-corrected chi connectivity index (χ2v) is 36.6. The first-order valence-corrected chi connectivity index (χ1v) is 33.8. The van der Waals surface area contributed by atoms with E-state index in [4.69, 9.17) is 7.56 Å². The molecule has 0 N–H and O–H groups in total. The maximum atomic E-state index is 8.01. The van der Waals surface area contributed by atoms with Crippen LogP contribution in [0.3, 0.4) is 0 Å². The second kappa shape index (κ2) is 35.3. The summed E-state index contributed by atoms with van der Waals surface area (Å²) in [6.07, 6.45) is 37.5. The van der Waals surface area contributed by atoms with Crippen molar-refractivity contribution in [3.8, 4) is 0 Å². The van der Waals surface area contributed by atoms with Crippen LogP contribution in [0, 0.1) is 0 Å². The maximum absolute atomic E-state index is 8.01. The molecule has 0 unspecified atom stereocenters. The first kappa shape index (κ1) is 46.5. The summed E-state index contributed by atoms with van der Waals surface area (Å²) in [5, 5.41) is 0. The summed E-state index contributed by atoms with van der Waals surface area (Å²) in [6, 6.07) is 0. The van der Waals surface area contributed by atoms with Gasteiger partial charge in [0.05, 0.1) is 0 Å². The fourth-order valence-corrected chi connectivity index (χ4v) is 48.2. The predicted molar refractivity (Wildman–Crippen MR) is 207 cm³/mol. The van der Waals surface area contributed by atoms with Crippen LogP contribution in [-0.2, 0) is 7.56 Å². The Morgan fingerprint density at radius 2 is 0.489 bits per heavy atom. The number of hydrogen-bond acceptors (Lipinski definition) is 3. The molecule has 0 spiro atoms. The zero-order chi connectivity index (χ0) is 33.2. The summed E-state index contributed by atoms with van der Waals surface area (Å²) < 4.78 is 27.7. The van der Waals surface area contributed by atoms with E-state index in [1.54, 1.807) is 0 Å². The first-order valence-electron chi connectivity index (χ1n) is 21.1. The molecule has 0 aromatic rings. The molecule has 0 saturated heterocycles. The Morgan fingerprint density at radius 3 is 0.733 bits per heavy atom. The monoisotopic (exact) mass is 854 g/mol. The quantitative estimate of drug-likeness (QED) is 0.0457. The topological polar surface area (TPSA) is 27.7 Å². The van der Waals surface area contributed by atoms with E-state index >= 15 is 0 Å². The molecule has 45 heavy (non-hydrogen) atoms. The molecule has 0 aliphatic heterocycles. The fourth-order valence-electron chi connectivity index (χ4n) is 6.64. The van der Waals surface area contributed by atoms with Crippen LogP contribution in [0.1, 0.15) is 221 Å². The van der Waals surface area contributed by atoms with Crippen LogP contribution in [0.15, 0.2) is 0 Å². The van der Waals surface area contributed by atoms with Gasteiger partial charge in [-0.25, -0.2) is 0 Å². The minimum absolute atomic E-state index is 0.934. The Bertz CT molecular complexity index is 494. The van der Waals surface area contributed by atoms with Gasteiger partial charge in [-0.2, -0.15) is 0 Å². The molecule has 3 nitrogen and oxygen atoms in total. The van der Waals surface area contributed by atoms with Gasteiger partial charge in [0.25, 0.3) is 0 Å². The Labute approximate surface area is 296 Å². The van der Waals surface area contributed by atoms with Gasteiger partial charge in [0.1, 0.15) is 0 Å². The van der Waals surface area contributed by atoms with Crippen molar-refractivity contribution in [2.75, 3.05) is 13.2 Å². The Balaban J connectivity index is 6.09. The molecular weight excluding hydrogens is 766 g/mol. The third-order valence-electron chi connectivity index (χ3n) is 9.74. The van der Waals surface area contributed by atoms with Crippen LogP contribution in [0.25, 0.3) is 0 Å². The van der Waals surface area contributed by atoms with Gasteiger partial charge in [0.2, 0.25) is 0 Å². The molecule has 5 heteroatoms. The van der Waals surface area contributed by atoms with Crippen LogP contribution in [-0.4, -0.2) is 51.6 Å². The predicted octanol–water partition coefficient (Wildman–Crippen LogP) is 15.0. The van der Waals surface area contributed by atoms with Gasteiger partial charge in [-0.05, 0) is 0 Å². The third kappa shape index (κ3) is 27.9. The van der Waals surface area contributed by atoms with Crippen molar-refractivity contribution in [1.82, 2.24) is 0 Å². The van der Waals surface area contributed by atoms with Crippen molar-refractivity contribution in [3.05, 3.63) is 0 Å². The van der Waals surface area contributed by atoms with Gasteiger partial charge in [0, 0.05) is 0 Å². The molecule has 0 fully saturated rings. The standard InChI is InChI=1S/4C8H17.2C4H9O.O.2Sn/c4*1-3-5-7-8-6-4-2;2*1-2-3-4-5;;;/h4*1,3-8H2,2H3;2*2-4H2,1H3;;;/q;;;;2*-1;;2*+1. The molecule has 0 aromatic heterocycles. The average molecular weight is 853 g/mol. The van der Waals surface area contributed by atoms with Gasteiger partial charge in [-0.3, -0.25) is 0 Å². The molecule has 0 aromatic carbocycles. The van der Waals surface area contributed by atoms with E-state index in [-0.39, 0.29) is 0 Å². The van der Waals surface area contributed by atoms with Gasteiger partial charge >= 0.3 is 298 Å². The van der Waals surface area contributed by atoms with E-state index in [9.17, 15) is 0 Å². The summed E-state index contributed by atoms with van der Waals surface area (Å²) in [5.74, 6) is 0. The molecule has 0 bridgehead atoms. The summed E-state index contributed by atoms with van der Waals surface area (Å²) in [7, 11) is 0. The molecule has 0 aliphatic rings. The van der Waals surface area contributed by atoms with E-state index < -0.39 is 38.4 Å². The molecule has 0 saturated carbocycles. The van der Waals surface area contributed by atoms with Gasteiger partial charge in [-0.1, -0.05) is 0 Å².